The van der Waals surface area contributed by atoms with E-state index in [9.17, 15) is 0 Å². The molecule has 0 saturated carbocycles. The van der Waals surface area contributed by atoms with Crippen LogP contribution in [0.2, 0.25) is 0 Å². The number of anilines is 1. The molecule has 3 heterocycles. The van der Waals surface area contributed by atoms with Crippen LogP contribution in [0.5, 0.6) is 0 Å². The Kier molecular flexibility index (Phi) is 7.63. The van der Waals surface area contributed by atoms with Gasteiger partial charge in [0.25, 0.3) is 0 Å². The van der Waals surface area contributed by atoms with E-state index < -0.39 is 5.54 Å². The number of fused-ring (bicyclic) bond motifs is 3. The minimum Gasteiger partial charge on any atom is -0.370 e. The highest BCUT2D eigenvalue weighted by Gasteiger charge is 2.38. The van der Waals surface area contributed by atoms with E-state index in [2.05, 4.69) is 159 Å². The summed E-state index contributed by atoms with van der Waals surface area (Å²) in [6, 6.07) is 57.2. The first-order valence-corrected chi connectivity index (χ1v) is 18.0. The second-order valence-electron chi connectivity index (χ2n) is 13.1. The molecule has 51 heavy (non-hydrogen) atoms. The molecule has 1 unspecified atom stereocenters. The van der Waals surface area contributed by atoms with Gasteiger partial charge in [-0.15, -0.1) is 11.3 Å². The summed E-state index contributed by atoms with van der Waals surface area (Å²) in [5.41, 5.74) is 10.9. The van der Waals surface area contributed by atoms with Gasteiger partial charge >= 0.3 is 0 Å². The molecule has 0 spiro atoms. The standard InChI is InChI=1S/C46H34N4S/c1-30-40(32-18-9-4-10-19-32)42-41(50-46(30,2)37-24-13-6-14-25-37)38-29-36(26-27-39(38)51-42)45-48-43(33-20-11-5-12-21-33)47-44(49-45)35-23-15-22-34(28-35)31-16-7-3-8-17-31/h3-29,50H,1-2H3. The summed E-state index contributed by atoms with van der Waals surface area (Å²) in [5.74, 6) is 1.93. The number of benzene rings is 6. The maximum atomic E-state index is 5.14. The molecule has 0 aliphatic carbocycles. The molecule has 2 aromatic heterocycles. The van der Waals surface area contributed by atoms with Crippen LogP contribution >= 0.6 is 11.3 Å². The molecule has 1 aliphatic heterocycles. The van der Waals surface area contributed by atoms with E-state index in [1.165, 1.54) is 31.9 Å². The molecule has 9 rings (SSSR count). The number of aromatic nitrogens is 3. The topological polar surface area (TPSA) is 50.7 Å². The lowest BCUT2D eigenvalue weighted by Gasteiger charge is -2.39. The van der Waals surface area contributed by atoms with Crippen molar-refractivity contribution in [3.8, 4) is 45.3 Å². The summed E-state index contributed by atoms with van der Waals surface area (Å²) in [5, 5.41) is 5.19. The predicted molar refractivity (Wildman–Crippen MR) is 213 cm³/mol. The van der Waals surface area contributed by atoms with Crippen molar-refractivity contribution in [3.63, 3.8) is 0 Å². The number of thiophene rings is 1. The molecule has 1 aliphatic rings. The molecular weight excluding hydrogens is 641 g/mol. The fourth-order valence-electron chi connectivity index (χ4n) is 7.13. The molecule has 6 aromatic carbocycles. The third kappa shape index (κ3) is 5.52. The molecule has 244 valence electrons. The Hall–Kier alpha value is -6.17. The van der Waals surface area contributed by atoms with Gasteiger partial charge in [0, 0.05) is 32.3 Å². The molecule has 1 N–H and O–H groups in total. The second-order valence-corrected chi connectivity index (χ2v) is 14.2. The van der Waals surface area contributed by atoms with E-state index in [0.717, 1.165) is 38.9 Å². The lowest BCUT2D eigenvalue weighted by atomic mass is 9.77. The maximum Gasteiger partial charge on any atom is 0.164 e. The average Bonchev–Trinajstić information content (AvgIpc) is 3.56. The normalized spacial score (nSPS) is 15.4. The van der Waals surface area contributed by atoms with E-state index >= 15 is 0 Å². The van der Waals surface area contributed by atoms with Crippen LogP contribution < -0.4 is 5.32 Å². The first-order chi connectivity index (χ1) is 25.0. The molecule has 0 bridgehead atoms. The Balaban J connectivity index is 1.22. The number of hydrogen-bond acceptors (Lipinski definition) is 5. The molecule has 8 aromatic rings. The van der Waals surface area contributed by atoms with Crippen molar-refractivity contribution in [2.24, 2.45) is 0 Å². The fourth-order valence-corrected chi connectivity index (χ4v) is 8.40. The van der Waals surface area contributed by atoms with Crippen LogP contribution in [0.15, 0.2) is 169 Å². The first-order valence-electron chi connectivity index (χ1n) is 17.2. The Morgan fingerprint density at radius 1 is 0.490 bits per heavy atom. The van der Waals surface area contributed by atoms with Crippen LogP contribution in [0.25, 0.3) is 60.9 Å². The van der Waals surface area contributed by atoms with Gasteiger partial charge in [-0.05, 0) is 65.9 Å². The minimum absolute atomic E-state index is 0.409. The minimum atomic E-state index is -0.409. The largest absolute Gasteiger partial charge is 0.370 e. The Morgan fingerprint density at radius 3 is 1.65 bits per heavy atom. The van der Waals surface area contributed by atoms with Crippen LogP contribution in [0.1, 0.15) is 29.9 Å². The van der Waals surface area contributed by atoms with Crippen molar-refractivity contribution >= 4 is 32.7 Å². The van der Waals surface area contributed by atoms with Gasteiger partial charge in [0.05, 0.1) is 16.1 Å². The van der Waals surface area contributed by atoms with E-state index in [-0.39, 0.29) is 0 Å². The quantitative estimate of drug-likeness (QED) is 0.191. The molecule has 0 radical (unpaired) electrons. The van der Waals surface area contributed by atoms with Gasteiger partial charge in [0.1, 0.15) is 0 Å². The van der Waals surface area contributed by atoms with Crippen LogP contribution in [0.3, 0.4) is 0 Å². The van der Waals surface area contributed by atoms with Gasteiger partial charge in [0.15, 0.2) is 17.5 Å². The van der Waals surface area contributed by atoms with E-state index in [4.69, 9.17) is 15.0 Å². The molecule has 5 heteroatoms. The number of rotatable bonds is 6. The second kappa shape index (κ2) is 12.6. The smallest absolute Gasteiger partial charge is 0.164 e. The zero-order valence-electron chi connectivity index (χ0n) is 28.3. The molecule has 0 fully saturated rings. The van der Waals surface area contributed by atoms with Gasteiger partial charge in [-0.3, -0.25) is 0 Å². The molecule has 4 nitrogen and oxygen atoms in total. The van der Waals surface area contributed by atoms with E-state index in [0.29, 0.717) is 17.5 Å². The van der Waals surface area contributed by atoms with Crippen LogP contribution in [-0.4, -0.2) is 15.0 Å². The maximum absolute atomic E-state index is 5.14. The third-order valence-corrected chi connectivity index (χ3v) is 11.2. The number of nitrogens with one attached hydrogen (secondary N) is 1. The summed E-state index contributed by atoms with van der Waals surface area (Å²) in [7, 11) is 0. The highest BCUT2D eigenvalue weighted by Crippen LogP contribution is 2.52. The summed E-state index contributed by atoms with van der Waals surface area (Å²) in [4.78, 5) is 16.5. The Bertz CT molecular complexity index is 2560. The van der Waals surface area contributed by atoms with E-state index in [1.807, 2.05) is 35.6 Å². The van der Waals surface area contributed by atoms with Crippen molar-refractivity contribution in [1.82, 2.24) is 15.0 Å². The van der Waals surface area contributed by atoms with Crippen molar-refractivity contribution in [2.45, 2.75) is 19.4 Å². The van der Waals surface area contributed by atoms with E-state index in [1.54, 1.807) is 0 Å². The fraction of sp³-hybridized carbons (Fsp3) is 0.0652. The Morgan fingerprint density at radius 2 is 1.00 bits per heavy atom. The molecule has 0 saturated heterocycles. The monoisotopic (exact) mass is 674 g/mol. The summed E-state index contributed by atoms with van der Waals surface area (Å²) >= 11 is 1.83. The average molecular weight is 675 g/mol. The predicted octanol–water partition coefficient (Wildman–Crippen LogP) is 11.9. The highest BCUT2D eigenvalue weighted by molar-refractivity contribution is 7.21. The van der Waals surface area contributed by atoms with Crippen molar-refractivity contribution in [1.29, 1.82) is 0 Å². The highest BCUT2D eigenvalue weighted by atomic mass is 32.1. The van der Waals surface area contributed by atoms with Crippen molar-refractivity contribution in [3.05, 3.63) is 185 Å². The number of hydrogen-bond donors (Lipinski definition) is 1. The lowest BCUT2D eigenvalue weighted by Crippen LogP contribution is -2.36. The summed E-state index contributed by atoms with van der Waals surface area (Å²) in [6.07, 6.45) is 0. The van der Waals surface area contributed by atoms with Gasteiger partial charge in [-0.2, -0.15) is 0 Å². The molecular formula is C46H34N4S. The summed E-state index contributed by atoms with van der Waals surface area (Å²) < 4.78 is 1.21. The van der Waals surface area contributed by atoms with Gasteiger partial charge in [0.2, 0.25) is 0 Å². The number of nitrogens with zero attached hydrogens (tertiary/aromatic N) is 3. The first kappa shape index (κ1) is 30.9. The lowest BCUT2D eigenvalue weighted by molar-refractivity contribution is 0.641. The van der Waals surface area contributed by atoms with Crippen molar-refractivity contribution < 1.29 is 0 Å². The van der Waals surface area contributed by atoms with Gasteiger partial charge < -0.3 is 5.32 Å². The Labute approximate surface area is 301 Å². The summed E-state index contributed by atoms with van der Waals surface area (Å²) in [6.45, 7) is 4.57. The van der Waals surface area contributed by atoms with Crippen molar-refractivity contribution in [2.75, 3.05) is 5.32 Å². The zero-order chi connectivity index (χ0) is 34.4. The molecule has 1 atom stereocenters. The third-order valence-electron chi connectivity index (χ3n) is 9.98. The SMILES string of the molecule is CC1=C(c2ccccc2)c2sc3ccc(-c4nc(-c5ccccc5)nc(-c5cccc(-c6ccccc6)c5)n4)cc3c2NC1(C)c1ccccc1. The molecule has 0 amide bonds. The van der Waals surface area contributed by atoms with Crippen LogP contribution in [0, 0.1) is 0 Å². The van der Waals surface area contributed by atoms with Crippen LogP contribution in [0.4, 0.5) is 5.69 Å². The van der Waals surface area contributed by atoms with Gasteiger partial charge in [-0.25, -0.2) is 15.0 Å². The van der Waals surface area contributed by atoms with Gasteiger partial charge in [-0.1, -0.05) is 140 Å². The van der Waals surface area contributed by atoms with Crippen LogP contribution in [-0.2, 0) is 5.54 Å². The zero-order valence-corrected chi connectivity index (χ0v) is 29.2.